The van der Waals surface area contributed by atoms with Crippen LogP contribution in [0.2, 0.25) is 0 Å². The standard InChI is InChI=1S/C7H11NS/c1-2-7-4-9-3-6(7)8-5(1)7/h5-6,8H,1-4H2. The van der Waals surface area contributed by atoms with E-state index in [1.165, 1.54) is 24.3 Å². The van der Waals surface area contributed by atoms with Crippen molar-refractivity contribution >= 4 is 11.8 Å². The molecule has 0 radical (unpaired) electrons. The highest BCUT2D eigenvalue weighted by Gasteiger charge is 2.62. The van der Waals surface area contributed by atoms with E-state index >= 15 is 0 Å². The van der Waals surface area contributed by atoms with Crippen molar-refractivity contribution in [3.05, 3.63) is 0 Å². The fourth-order valence-electron chi connectivity index (χ4n) is 2.49. The minimum Gasteiger partial charge on any atom is -0.309 e. The van der Waals surface area contributed by atoms with Crippen molar-refractivity contribution in [3.63, 3.8) is 0 Å². The fraction of sp³-hybridized carbons (Fsp3) is 1.00. The number of thioether (sulfide) groups is 1. The van der Waals surface area contributed by atoms with Gasteiger partial charge in [-0.25, -0.2) is 0 Å². The zero-order chi connectivity index (χ0) is 5.90. The second kappa shape index (κ2) is 1.32. The van der Waals surface area contributed by atoms with Gasteiger partial charge in [-0.05, 0) is 12.8 Å². The molecule has 1 saturated carbocycles. The molecule has 2 aliphatic heterocycles. The van der Waals surface area contributed by atoms with Gasteiger partial charge in [0.1, 0.15) is 0 Å². The van der Waals surface area contributed by atoms with Crippen molar-refractivity contribution in [2.45, 2.75) is 24.9 Å². The molecule has 9 heavy (non-hydrogen) atoms. The molecule has 3 atom stereocenters. The maximum Gasteiger partial charge on any atom is 0.0240 e. The molecule has 2 heteroatoms. The number of rotatable bonds is 0. The summed E-state index contributed by atoms with van der Waals surface area (Å²) in [6.45, 7) is 0. The third kappa shape index (κ3) is 0.385. The summed E-state index contributed by atoms with van der Waals surface area (Å²) in [7, 11) is 0. The summed E-state index contributed by atoms with van der Waals surface area (Å²) in [6, 6.07) is 1.86. The maximum absolute atomic E-state index is 3.61. The summed E-state index contributed by atoms with van der Waals surface area (Å²) in [4.78, 5) is 0. The minimum absolute atomic E-state index is 0.824. The van der Waals surface area contributed by atoms with Gasteiger partial charge in [-0.2, -0.15) is 11.8 Å². The van der Waals surface area contributed by atoms with Crippen LogP contribution < -0.4 is 5.32 Å². The highest BCUT2D eigenvalue weighted by molar-refractivity contribution is 7.99. The second-order valence-electron chi connectivity index (χ2n) is 3.56. The summed E-state index contributed by atoms with van der Waals surface area (Å²) < 4.78 is 0. The van der Waals surface area contributed by atoms with Crippen LogP contribution >= 0.6 is 11.8 Å². The second-order valence-corrected chi connectivity index (χ2v) is 4.59. The van der Waals surface area contributed by atoms with Crippen LogP contribution in [-0.4, -0.2) is 23.6 Å². The Morgan fingerprint density at radius 3 is 2.89 bits per heavy atom. The number of piperidine rings is 1. The van der Waals surface area contributed by atoms with E-state index in [2.05, 4.69) is 17.1 Å². The van der Waals surface area contributed by atoms with Crippen molar-refractivity contribution in [3.8, 4) is 0 Å². The van der Waals surface area contributed by atoms with E-state index in [4.69, 9.17) is 0 Å². The average molecular weight is 141 g/mol. The Balaban J connectivity index is 1.95. The Morgan fingerprint density at radius 1 is 1.44 bits per heavy atom. The van der Waals surface area contributed by atoms with Crippen LogP contribution in [0.1, 0.15) is 12.8 Å². The molecule has 3 unspecified atom stereocenters. The molecule has 1 aliphatic carbocycles. The maximum atomic E-state index is 3.61. The lowest BCUT2D eigenvalue weighted by atomic mass is 9.55. The third-order valence-electron chi connectivity index (χ3n) is 3.34. The van der Waals surface area contributed by atoms with Crippen LogP contribution in [0, 0.1) is 5.41 Å². The van der Waals surface area contributed by atoms with Crippen molar-refractivity contribution in [2.24, 2.45) is 5.41 Å². The molecule has 50 valence electrons. The average Bonchev–Trinajstić information content (AvgIpc) is 2.23. The zero-order valence-electron chi connectivity index (χ0n) is 5.39. The van der Waals surface area contributed by atoms with Crippen LogP contribution in [0.3, 0.4) is 0 Å². The Labute approximate surface area is 59.6 Å². The van der Waals surface area contributed by atoms with Gasteiger partial charge < -0.3 is 5.32 Å². The lowest BCUT2D eigenvalue weighted by Crippen LogP contribution is -2.75. The van der Waals surface area contributed by atoms with E-state index in [-0.39, 0.29) is 0 Å². The summed E-state index contributed by atoms with van der Waals surface area (Å²) in [5.41, 5.74) is 0.824. The summed E-state index contributed by atoms with van der Waals surface area (Å²) in [5.74, 6) is 2.84. The first kappa shape index (κ1) is 5.03. The van der Waals surface area contributed by atoms with Gasteiger partial charge in [-0.15, -0.1) is 0 Å². The highest BCUT2D eigenvalue weighted by Crippen LogP contribution is 2.57. The smallest absolute Gasteiger partial charge is 0.0240 e. The molecule has 0 bridgehead atoms. The largest absolute Gasteiger partial charge is 0.309 e. The molecule has 0 aromatic rings. The molecule has 3 rings (SSSR count). The molecule has 0 amide bonds. The predicted octanol–water partition coefficient (Wildman–Crippen LogP) is 0.854. The van der Waals surface area contributed by atoms with Crippen molar-refractivity contribution in [2.75, 3.05) is 11.5 Å². The zero-order valence-corrected chi connectivity index (χ0v) is 6.21. The third-order valence-corrected chi connectivity index (χ3v) is 4.65. The van der Waals surface area contributed by atoms with Gasteiger partial charge in [0.25, 0.3) is 0 Å². The SMILES string of the molecule is C1CC23CSCC2NC13. The molecular formula is C7H11NS. The molecule has 3 fully saturated rings. The van der Waals surface area contributed by atoms with E-state index in [9.17, 15) is 0 Å². The van der Waals surface area contributed by atoms with Gasteiger partial charge in [0.2, 0.25) is 0 Å². The van der Waals surface area contributed by atoms with Gasteiger partial charge in [-0.3, -0.25) is 0 Å². The molecule has 0 aromatic heterocycles. The van der Waals surface area contributed by atoms with Gasteiger partial charge >= 0.3 is 0 Å². The van der Waals surface area contributed by atoms with Crippen LogP contribution in [0.5, 0.6) is 0 Å². The normalized spacial score (nSPS) is 61.3. The molecule has 1 nitrogen and oxygen atoms in total. The molecule has 3 aliphatic rings. The lowest BCUT2D eigenvalue weighted by molar-refractivity contribution is -0.0394. The van der Waals surface area contributed by atoms with Crippen molar-refractivity contribution in [1.82, 2.24) is 5.32 Å². The topological polar surface area (TPSA) is 12.0 Å². The molecule has 1 N–H and O–H groups in total. The van der Waals surface area contributed by atoms with Gasteiger partial charge in [0, 0.05) is 29.0 Å². The fourth-order valence-corrected chi connectivity index (χ4v) is 4.20. The lowest BCUT2D eigenvalue weighted by Gasteiger charge is -2.61. The summed E-state index contributed by atoms with van der Waals surface area (Å²) in [5, 5.41) is 3.61. The predicted molar refractivity (Wildman–Crippen MR) is 39.7 cm³/mol. The first-order valence-corrected chi connectivity index (χ1v) is 4.91. The summed E-state index contributed by atoms with van der Waals surface area (Å²) >= 11 is 2.14. The Hall–Kier alpha value is 0.310. The molecule has 1 spiro atoms. The van der Waals surface area contributed by atoms with Gasteiger partial charge in [0.05, 0.1) is 0 Å². The Morgan fingerprint density at radius 2 is 2.44 bits per heavy atom. The van der Waals surface area contributed by atoms with Crippen LogP contribution in [0.15, 0.2) is 0 Å². The first-order chi connectivity index (χ1) is 4.42. The molecular weight excluding hydrogens is 130 g/mol. The monoisotopic (exact) mass is 141 g/mol. The van der Waals surface area contributed by atoms with Crippen molar-refractivity contribution in [1.29, 1.82) is 0 Å². The number of nitrogens with one attached hydrogen (secondary N) is 1. The van der Waals surface area contributed by atoms with Crippen LogP contribution in [0.25, 0.3) is 0 Å². The minimum atomic E-state index is 0.824. The molecule has 0 aromatic carbocycles. The molecule has 2 heterocycles. The van der Waals surface area contributed by atoms with E-state index in [1.807, 2.05) is 0 Å². The van der Waals surface area contributed by atoms with Crippen LogP contribution in [-0.2, 0) is 0 Å². The highest BCUT2D eigenvalue weighted by atomic mass is 32.2. The van der Waals surface area contributed by atoms with Gasteiger partial charge in [-0.1, -0.05) is 0 Å². The van der Waals surface area contributed by atoms with E-state index in [0.717, 1.165) is 17.5 Å². The first-order valence-electron chi connectivity index (χ1n) is 3.76. The van der Waals surface area contributed by atoms with E-state index in [0.29, 0.717) is 0 Å². The number of hydrogen-bond donors (Lipinski definition) is 1. The van der Waals surface area contributed by atoms with Crippen LogP contribution in [0.4, 0.5) is 0 Å². The van der Waals surface area contributed by atoms with E-state index in [1.54, 1.807) is 0 Å². The van der Waals surface area contributed by atoms with Gasteiger partial charge in [0.15, 0.2) is 0 Å². The number of hydrogen-bond acceptors (Lipinski definition) is 2. The van der Waals surface area contributed by atoms with Crippen molar-refractivity contribution < 1.29 is 0 Å². The van der Waals surface area contributed by atoms with E-state index < -0.39 is 0 Å². The quantitative estimate of drug-likeness (QED) is 0.537. The summed E-state index contributed by atoms with van der Waals surface area (Å²) in [6.07, 6.45) is 2.97. The Bertz CT molecular complexity index is 159. The Kier molecular flexibility index (Phi) is 0.740. The molecule has 2 saturated heterocycles.